The van der Waals surface area contributed by atoms with Crippen LogP contribution < -0.4 is 0 Å². The topological polar surface area (TPSA) is 24.7 Å². The molecule has 90 valence electrons. The monoisotopic (exact) mass is 284 g/mol. The molecule has 0 aliphatic heterocycles. The van der Waals surface area contributed by atoms with Crippen molar-refractivity contribution in [2.45, 2.75) is 40.5 Å². The van der Waals surface area contributed by atoms with Gasteiger partial charge in [-0.15, -0.1) is 0 Å². The fraction of sp³-hybridized carbons (Fsp3) is 0.538. The summed E-state index contributed by atoms with van der Waals surface area (Å²) in [5.41, 5.74) is 2.30. The summed E-state index contributed by atoms with van der Waals surface area (Å²) < 4.78 is 1.08. The summed E-state index contributed by atoms with van der Waals surface area (Å²) in [6, 6.07) is 0. The molecular formula is C13H21BrN2. The summed E-state index contributed by atoms with van der Waals surface area (Å²) in [6.45, 7) is 8.17. The van der Waals surface area contributed by atoms with Crippen LogP contribution in [-0.4, -0.2) is 18.6 Å². The Morgan fingerprint density at radius 2 is 1.94 bits per heavy atom. The Labute approximate surface area is 107 Å². The van der Waals surface area contributed by atoms with Crippen LogP contribution in [0.1, 0.15) is 40.5 Å². The maximum absolute atomic E-state index is 4.52. The number of amidine groups is 1. The Balaban J connectivity index is 5.07. The van der Waals surface area contributed by atoms with Gasteiger partial charge < -0.3 is 0 Å². The van der Waals surface area contributed by atoms with Crippen LogP contribution in [0.25, 0.3) is 0 Å². The molecule has 0 radical (unpaired) electrons. The number of rotatable bonds is 4. The van der Waals surface area contributed by atoms with E-state index in [-0.39, 0.29) is 0 Å². The van der Waals surface area contributed by atoms with Gasteiger partial charge in [0.15, 0.2) is 0 Å². The van der Waals surface area contributed by atoms with Gasteiger partial charge in [0, 0.05) is 17.2 Å². The molecule has 0 unspecified atom stereocenters. The fourth-order valence-electron chi connectivity index (χ4n) is 1.20. The molecule has 0 saturated heterocycles. The SMILES string of the molecule is C/C=C(Br)\C=C(\C)C(CCC)=NC(C)=NC. The first-order valence-electron chi connectivity index (χ1n) is 5.56. The van der Waals surface area contributed by atoms with Crippen molar-refractivity contribution in [3.63, 3.8) is 0 Å². The van der Waals surface area contributed by atoms with E-state index in [0.29, 0.717) is 0 Å². The lowest BCUT2D eigenvalue weighted by atomic mass is 10.1. The first-order valence-corrected chi connectivity index (χ1v) is 6.35. The highest BCUT2D eigenvalue weighted by Gasteiger charge is 2.02. The number of aliphatic imine (C=N–C) groups is 2. The van der Waals surface area contributed by atoms with E-state index in [4.69, 9.17) is 0 Å². The van der Waals surface area contributed by atoms with Gasteiger partial charge in [0.2, 0.25) is 0 Å². The largest absolute Gasteiger partial charge is 0.274 e. The molecule has 0 saturated carbocycles. The van der Waals surface area contributed by atoms with E-state index >= 15 is 0 Å². The predicted molar refractivity (Wildman–Crippen MR) is 77.8 cm³/mol. The standard InChI is InChI=1S/C13H21BrN2/c1-6-8-13(16-11(4)15-5)10(3)9-12(14)7-2/h7,9H,6,8H2,1-5H3/b10-9-,12-7+,15-11?,16-13?. The molecule has 0 aliphatic rings. The van der Waals surface area contributed by atoms with Crippen molar-refractivity contribution in [3.05, 3.63) is 22.2 Å². The Kier molecular flexibility index (Phi) is 8.08. The van der Waals surface area contributed by atoms with Crippen molar-refractivity contribution < 1.29 is 0 Å². The Bertz CT molecular complexity index is 336. The highest BCUT2D eigenvalue weighted by Crippen LogP contribution is 2.13. The average Bonchev–Trinajstić information content (AvgIpc) is 2.27. The number of hydrogen-bond donors (Lipinski definition) is 0. The molecule has 0 aromatic carbocycles. The van der Waals surface area contributed by atoms with Crippen LogP contribution >= 0.6 is 15.9 Å². The number of allylic oxidation sites excluding steroid dienone is 4. The summed E-state index contributed by atoms with van der Waals surface area (Å²) in [5.74, 6) is 0.827. The van der Waals surface area contributed by atoms with Crippen LogP contribution in [0.3, 0.4) is 0 Å². The molecular weight excluding hydrogens is 264 g/mol. The van der Waals surface area contributed by atoms with Crippen LogP contribution in [0, 0.1) is 0 Å². The van der Waals surface area contributed by atoms with E-state index in [0.717, 1.165) is 28.9 Å². The second kappa shape index (κ2) is 8.45. The van der Waals surface area contributed by atoms with Crippen LogP contribution in [-0.2, 0) is 0 Å². The summed E-state index contributed by atoms with van der Waals surface area (Å²) in [6.07, 6.45) is 6.19. The quantitative estimate of drug-likeness (QED) is 0.412. The summed E-state index contributed by atoms with van der Waals surface area (Å²) in [7, 11) is 1.77. The molecule has 0 amide bonds. The summed E-state index contributed by atoms with van der Waals surface area (Å²) in [5, 5.41) is 0. The second-order valence-electron chi connectivity index (χ2n) is 3.58. The molecule has 16 heavy (non-hydrogen) atoms. The van der Waals surface area contributed by atoms with Gasteiger partial charge in [-0.2, -0.15) is 0 Å². The minimum atomic E-state index is 0.827. The van der Waals surface area contributed by atoms with Crippen molar-refractivity contribution >= 4 is 27.5 Å². The number of hydrogen-bond acceptors (Lipinski definition) is 1. The van der Waals surface area contributed by atoms with E-state index in [1.165, 1.54) is 5.57 Å². The normalized spacial score (nSPS) is 15.6. The van der Waals surface area contributed by atoms with Crippen LogP contribution in [0.4, 0.5) is 0 Å². The van der Waals surface area contributed by atoms with Crippen molar-refractivity contribution in [2.24, 2.45) is 9.98 Å². The highest BCUT2D eigenvalue weighted by atomic mass is 79.9. The Morgan fingerprint density at radius 1 is 1.31 bits per heavy atom. The second-order valence-corrected chi connectivity index (χ2v) is 4.50. The molecule has 0 bridgehead atoms. The first-order chi connectivity index (χ1) is 7.54. The molecule has 0 heterocycles. The molecule has 0 N–H and O–H groups in total. The molecule has 0 fully saturated rings. The van der Waals surface area contributed by atoms with E-state index in [1.807, 2.05) is 19.9 Å². The fourth-order valence-corrected chi connectivity index (χ4v) is 1.54. The van der Waals surface area contributed by atoms with Crippen LogP contribution in [0.2, 0.25) is 0 Å². The molecule has 0 aromatic heterocycles. The van der Waals surface area contributed by atoms with Crippen LogP contribution in [0.15, 0.2) is 32.2 Å². The molecule has 0 aromatic rings. The highest BCUT2D eigenvalue weighted by molar-refractivity contribution is 9.11. The average molecular weight is 285 g/mol. The third-order valence-electron chi connectivity index (χ3n) is 2.19. The van der Waals surface area contributed by atoms with Gasteiger partial charge in [0.05, 0.1) is 0 Å². The van der Waals surface area contributed by atoms with E-state index in [9.17, 15) is 0 Å². The van der Waals surface area contributed by atoms with Gasteiger partial charge in [-0.3, -0.25) is 4.99 Å². The summed E-state index contributed by atoms with van der Waals surface area (Å²) >= 11 is 3.48. The Morgan fingerprint density at radius 3 is 2.38 bits per heavy atom. The minimum absolute atomic E-state index is 0.827. The van der Waals surface area contributed by atoms with Gasteiger partial charge in [-0.05, 0) is 38.8 Å². The lowest BCUT2D eigenvalue weighted by Gasteiger charge is -2.05. The molecule has 0 spiro atoms. The first kappa shape index (κ1) is 15.3. The van der Waals surface area contributed by atoms with E-state index in [1.54, 1.807) is 7.05 Å². The van der Waals surface area contributed by atoms with Gasteiger partial charge in [-0.1, -0.05) is 35.4 Å². The lowest BCUT2D eigenvalue weighted by molar-refractivity contribution is 0.990. The van der Waals surface area contributed by atoms with Crippen molar-refractivity contribution in [3.8, 4) is 0 Å². The smallest absolute Gasteiger partial charge is 0.120 e. The molecule has 0 rings (SSSR count). The predicted octanol–water partition coefficient (Wildman–Crippen LogP) is 4.52. The van der Waals surface area contributed by atoms with Gasteiger partial charge in [-0.25, -0.2) is 4.99 Å². The van der Waals surface area contributed by atoms with Crippen molar-refractivity contribution in [1.82, 2.24) is 0 Å². The van der Waals surface area contributed by atoms with Gasteiger partial charge in [0.1, 0.15) is 5.84 Å². The molecule has 2 nitrogen and oxygen atoms in total. The van der Waals surface area contributed by atoms with Gasteiger partial charge >= 0.3 is 0 Å². The summed E-state index contributed by atoms with van der Waals surface area (Å²) in [4.78, 5) is 8.59. The minimum Gasteiger partial charge on any atom is -0.274 e. The molecule has 0 atom stereocenters. The molecule has 3 heteroatoms. The van der Waals surface area contributed by atoms with Crippen molar-refractivity contribution in [1.29, 1.82) is 0 Å². The zero-order chi connectivity index (χ0) is 12.6. The lowest BCUT2D eigenvalue weighted by Crippen LogP contribution is -2.03. The maximum Gasteiger partial charge on any atom is 0.120 e. The zero-order valence-electron chi connectivity index (χ0n) is 10.8. The number of halogens is 1. The van der Waals surface area contributed by atoms with Crippen molar-refractivity contribution in [2.75, 3.05) is 7.05 Å². The van der Waals surface area contributed by atoms with Crippen LogP contribution in [0.5, 0.6) is 0 Å². The molecule has 0 aliphatic carbocycles. The third-order valence-corrected chi connectivity index (χ3v) is 2.88. The van der Waals surface area contributed by atoms with E-state index < -0.39 is 0 Å². The number of nitrogens with zero attached hydrogens (tertiary/aromatic N) is 2. The van der Waals surface area contributed by atoms with E-state index in [2.05, 4.69) is 45.8 Å². The third kappa shape index (κ3) is 6.01. The zero-order valence-corrected chi connectivity index (χ0v) is 12.4. The van der Waals surface area contributed by atoms with Gasteiger partial charge in [0.25, 0.3) is 0 Å². The maximum atomic E-state index is 4.52. The Hall–Kier alpha value is -0.700.